The van der Waals surface area contributed by atoms with Crippen LogP contribution in [0.15, 0.2) is 30.3 Å². The molecule has 2 aliphatic rings. The van der Waals surface area contributed by atoms with Crippen molar-refractivity contribution in [3.8, 4) is 0 Å². The SMILES string of the molecule is CC(C)[C@@H]1CN2C[C@H](NS(=O)(=O)Cc3ccccc3)C[C@H]2CO1. The number of hydrogen-bond acceptors (Lipinski definition) is 4. The molecule has 2 saturated heterocycles. The quantitative estimate of drug-likeness (QED) is 0.886. The van der Waals surface area contributed by atoms with E-state index in [9.17, 15) is 8.42 Å². The van der Waals surface area contributed by atoms with Gasteiger partial charge in [-0.3, -0.25) is 4.90 Å². The van der Waals surface area contributed by atoms with Gasteiger partial charge in [-0.05, 0) is 17.9 Å². The minimum absolute atomic E-state index is 0.0109. The molecule has 3 rings (SSSR count). The third kappa shape index (κ3) is 4.32. The normalized spacial score (nSPS) is 28.9. The van der Waals surface area contributed by atoms with Gasteiger partial charge in [-0.25, -0.2) is 13.1 Å². The molecule has 6 heteroatoms. The number of ether oxygens (including phenoxy) is 1. The van der Waals surface area contributed by atoms with Gasteiger partial charge in [-0.2, -0.15) is 0 Å². The number of fused-ring (bicyclic) bond motifs is 1. The molecule has 128 valence electrons. The lowest BCUT2D eigenvalue weighted by molar-refractivity contribution is -0.0683. The van der Waals surface area contributed by atoms with Gasteiger partial charge in [0.15, 0.2) is 0 Å². The smallest absolute Gasteiger partial charge is 0.216 e. The predicted octanol–water partition coefficient (Wildman–Crippen LogP) is 1.60. The molecular formula is C17H26N2O3S. The number of hydrogen-bond donors (Lipinski definition) is 1. The summed E-state index contributed by atoms with van der Waals surface area (Å²) in [6, 6.07) is 9.64. The lowest BCUT2D eigenvalue weighted by Gasteiger charge is -2.36. The summed E-state index contributed by atoms with van der Waals surface area (Å²) < 4.78 is 33.5. The van der Waals surface area contributed by atoms with Crippen molar-refractivity contribution in [1.29, 1.82) is 0 Å². The zero-order valence-electron chi connectivity index (χ0n) is 13.8. The van der Waals surface area contributed by atoms with Crippen LogP contribution in [0.1, 0.15) is 25.8 Å². The van der Waals surface area contributed by atoms with Gasteiger partial charge in [-0.1, -0.05) is 44.2 Å². The fourth-order valence-electron chi connectivity index (χ4n) is 3.48. The summed E-state index contributed by atoms with van der Waals surface area (Å²) in [5.74, 6) is 0.532. The Morgan fingerprint density at radius 2 is 2.00 bits per heavy atom. The number of nitrogens with zero attached hydrogens (tertiary/aromatic N) is 1. The minimum atomic E-state index is -3.31. The Morgan fingerprint density at radius 1 is 1.26 bits per heavy atom. The number of sulfonamides is 1. The highest BCUT2D eigenvalue weighted by Gasteiger charge is 2.39. The van der Waals surface area contributed by atoms with Crippen molar-refractivity contribution in [3.05, 3.63) is 35.9 Å². The van der Waals surface area contributed by atoms with Crippen LogP contribution in [0, 0.1) is 5.92 Å². The van der Waals surface area contributed by atoms with Crippen LogP contribution in [0.3, 0.4) is 0 Å². The predicted molar refractivity (Wildman–Crippen MR) is 90.5 cm³/mol. The summed E-state index contributed by atoms with van der Waals surface area (Å²) >= 11 is 0. The summed E-state index contributed by atoms with van der Waals surface area (Å²) in [5.41, 5.74) is 0.818. The Hall–Kier alpha value is -0.950. The van der Waals surface area contributed by atoms with E-state index in [1.807, 2.05) is 30.3 Å². The van der Waals surface area contributed by atoms with E-state index in [1.54, 1.807) is 0 Å². The number of nitrogens with one attached hydrogen (secondary N) is 1. The Kier molecular flexibility index (Phi) is 5.06. The lowest BCUT2D eigenvalue weighted by atomic mass is 10.0. The van der Waals surface area contributed by atoms with E-state index in [2.05, 4.69) is 23.5 Å². The third-order valence-corrected chi connectivity index (χ3v) is 6.14. The second kappa shape index (κ2) is 6.89. The van der Waals surface area contributed by atoms with Crippen LogP contribution in [0.25, 0.3) is 0 Å². The van der Waals surface area contributed by atoms with Gasteiger partial charge in [0.25, 0.3) is 0 Å². The fraction of sp³-hybridized carbons (Fsp3) is 0.647. The number of morpholine rings is 1. The standard InChI is InChI=1S/C17H26N2O3S/c1-13(2)17-10-19-9-15(8-16(19)11-22-17)18-23(20,21)12-14-6-4-3-5-7-14/h3-7,13,15-18H,8-12H2,1-2H3/t15-,16+,17+/m1/s1. The molecule has 0 bridgehead atoms. The minimum Gasteiger partial charge on any atom is -0.375 e. The molecule has 2 heterocycles. The average Bonchev–Trinajstić information content (AvgIpc) is 2.87. The zero-order chi connectivity index (χ0) is 16.4. The van der Waals surface area contributed by atoms with E-state index in [-0.39, 0.29) is 17.9 Å². The first-order valence-corrected chi connectivity index (χ1v) is 9.98. The molecule has 1 aromatic carbocycles. The van der Waals surface area contributed by atoms with E-state index < -0.39 is 10.0 Å². The van der Waals surface area contributed by atoms with Gasteiger partial charge in [-0.15, -0.1) is 0 Å². The molecule has 0 unspecified atom stereocenters. The van der Waals surface area contributed by atoms with Crippen molar-refractivity contribution in [2.75, 3.05) is 19.7 Å². The van der Waals surface area contributed by atoms with Crippen molar-refractivity contribution < 1.29 is 13.2 Å². The summed E-state index contributed by atoms with van der Waals surface area (Å²) in [6.45, 7) is 6.73. The maximum atomic E-state index is 12.4. The maximum absolute atomic E-state index is 12.4. The summed E-state index contributed by atoms with van der Waals surface area (Å²) in [5, 5.41) is 0. The Morgan fingerprint density at radius 3 is 2.70 bits per heavy atom. The van der Waals surface area contributed by atoms with Crippen LogP contribution in [-0.4, -0.2) is 51.2 Å². The zero-order valence-corrected chi connectivity index (χ0v) is 14.6. The van der Waals surface area contributed by atoms with Crippen molar-refractivity contribution in [3.63, 3.8) is 0 Å². The largest absolute Gasteiger partial charge is 0.375 e. The molecule has 2 fully saturated rings. The molecule has 2 aliphatic heterocycles. The van der Waals surface area contributed by atoms with Crippen molar-refractivity contribution in [2.24, 2.45) is 5.92 Å². The molecule has 0 saturated carbocycles. The van der Waals surface area contributed by atoms with Crippen LogP contribution in [0.5, 0.6) is 0 Å². The molecule has 3 atom stereocenters. The first-order valence-electron chi connectivity index (χ1n) is 8.32. The van der Waals surface area contributed by atoms with E-state index in [0.717, 1.165) is 25.1 Å². The second-order valence-corrected chi connectivity index (χ2v) is 8.77. The van der Waals surface area contributed by atoms with Gasteiger partial charge in [0, 0.05) is 25.2 Å². The van der Waals surface area contributed by atoms with E-state index in [4.69, 9.17) is 4.74 Å². The summed E-state index contributed by atoms with van der Waals surface area (Å²) in [4.78, 5) is 2.38. The molecule has 23 heavy (non-hydrogen) atoms. The van der Waals surface area contributed by atoms with Crippen molar-refractivity contribution in [2.45, 2.75) is 44.2 Å². The first kappa shape index (κ1) is 16.9. The second-order valence-electron chi connectivity index (χ2n) is 7.02. The third-order valence-electron chi connectivity index (χ3n) is 4.73. The van der Waals surface area contributed by atoms with Crippen LogP contribution in [0.4, 0.5) is 0 Å². The molecule has 0 radical (unpaired) electrons. The van der Waals surface area contributed by atoms with E-state index in [1.165, 1.54) is 0 Å². The fourth-order valence-corrected chi connectivity index (χ4v) is 4.87. The van der Waals surface area contributed by atoms with Gasteiger partial charge in [0.1, 0.15) is 0 Å². The van der Waals surface area contributed by atoms with Gasteiger partial charge in [0.05, 0.1) is 18.5 Å². The Labute approximate surface area is 139 Å². The molecular weight excluding hydrogens is 312 g/mol. The van der Waals surface area contributed by atoms with Gasteiger partial charge < -0.3 is 4.74 Å². The van der Waals surface area contributed by atoms with Crippen LogP contribution in [0.2, 0.25) is 0 Å². The molecule has 1 N–H and O–H groups in total. The average molecular weight is 338 g/mol. The lowest BCUT2D eigenvalue weighted by Crippen LogP contribution is -2.48. The van der Waals surface area contributed by atoms with Gasteiger partial charge >= 0.3 is 0 Å². The van der Waals surface area contributed by atoms with Crippen molar-refractivity contribution in [1.82, 2.24) is 9.62 Å². The highest BCUT2D eigenvalue weighted by molar-refractivity contribution is 7.88. The number of rotatable bonds is 5. The molecule has 0 aliphatic carbocycles. The molecule has 5 nitrogen and oxygen atoms in total. The molecule has 0 spiro atoms. The van der Waals surface area contributed by atoms with Crippen LogP contribution in [-0.2, 0) is 20.5 Å². The highest BCUT2D eigenvalue weighted by atomic mass is 32.2. The Bertz CT molecular complexity index is 618. The van der Waals surface area contributed by atoms with Gasteiger partial charge in [0.2, 0.25) is 10.0 Å². The molecule has 1 aromatic rings. The van der Waals surface area contributed by atoms with E-state index >= 15 is 0 Å². The molecule has 0 amide bonds. The first-order chi connectivity index (χ1) is 10.9. The Balaban J connectivity index is 1.57. The topological polar surface area (TPSA) is 58.6 Å². The monoisotopic (exact) mass is 338 g/mol. The highest BCUT2D eigenvalue weighted by Crippen LogP contribution is 2.26. The van der Waals surface area contributed by atoms with Crippen LogP contribution >= 0.6 is 0 Å². The van der Waals surface area contributed by atoms with E-state index in [0.29, 0.717) is 18.6 Å². The van der Waals surface area contributed by atoms with Crippen LogP contribution < -0.4 is 4.72 Å². The maximum Gasteiger partial charge on any atom is 0.216 e. The van der Waals surface area contributed by atoms with Crippen molar-refractivity contribution >= 4 is 10.0 Å². The number of benzene rings is 1. The summed E-state index contributed by atoms with van der Waals surface area (Å²) in [6.07, 6.45) is 1.09. The summed E-state index contributed by atoms with van der Waals surface area (Å²) in [7, 11) is -3.31. The molecule has 0 aromatic heterocycles.